The summed E-state index contributed by atoms with van der Waals surface area (Å²) in [5.74, 6) is -1.88. The van der Waals surface area contributed by atoms with Gasteiger partial charge in [-0.05, 0) is 18.6 Å². The van der Waals surface area contributed by atoms with E-state index < -0.39 is 17.6 Å². The Hall–Kier alpha value is -1.01. The molecule has 0 saturated heterocycles. The zero-order valence-corrected chi connectivity index (χ0v) is 10.4. The average molecular weight is 262 g/mol. The molecule has 1 rings (SSSR count). The quantitative estimate of drug-likeness (QED) is 0.673. The first-order chi connectivity index (χ1) is 8.06. The predicted molar refractivity (Wildman–Crippen MR) is 66.8 cm³/mol. The molecule has 0 radical (unpaired) electrons. The van der Waals surface area contributed by atoms with Crippen molar-refractivity contribution in [3.8, 4) is 0 Å². The Balaban J connectivity index is 2.46. The number of hydrogen-bond acceptors (Lipinski definition) is 2. The normalized spacial score (nSPS) is 20.0. The Labute approximate surface area is 105 Å². The highest BCUT2D eigenvalue weighted by Gasteiger charge is 2.21. The van der Waals surface area contributed by atoms with Gasteiger partial charge in [0.05, 0.1) is 6.61 Å². The maximum Gasteiger partial charge on any atom is 0.166 e. The van der Waals surface area contributed by atoms with Crippen LogP contribution in [0.2, 0.25) is 0 Å². The molecule has 0 heterocycles. The largest absolute Gasteiger partial charge is 0.395 e. The number of thiocarbonyl (C=S) groups is 1. The van der Waals surface area contributed by atoms with E-state index in [0.29, 0.717) is 18.1 Å². The summed E-state index contributed by atoms with van der Waals surface area (Å²) in [5, 5.41) is 14.3. The van der Waals surface area contributed by atoms with E-state index in [9.17, 15) is 8.78 Å². The molecule has 0 aliphatic heterocycles. The highest BCUT2D eigenvalue weighted by atomic mass is 32.1. The Morgan fingerprint density at radius 2 is 2.24 bits per heavy atom. The van der Waals surface area contributed by atoms with Gasteiger partial charge in [-0.25, -0.2) is 8.78 Å². The van der Waals surface area contributed by atoms with Crippen molar-refractivity contribution in [1.29, 1.82) is 0 Å². The predicted octanol–water partition coefficient (Wildman–Crippen LogP) is 1.56. The van der Waals surface area contributed by atoms with Gasteiger partial charge < -0.3 is 15.7 Å². The van der Waals surface area contributed by atoms with Crippen LogP contribution in [0.15, 0.2) is 23.3 Å². The molecule has 0 aromatic carbocycles. The second-order valence-corrected chi connectivity index (χ2v) is 4.27. The number of hydrogen-bond donors (Lipinski definition) is 3. The smallest absolute Gasteiger partial charge is 0.166 e. The van der Waals surface area contributed by atoms with Crippen LogP contribution in [0.4, 0.5) is 8.78 Å². The zero-order chi connectivity index (χ0) is 12.8. The van der Waals surface area contributed by atoms with E-state index in [-0.39, 0.29) is 18.7 Å². The Kier molecular flexibility index (Phi) is 5.50. The van der Waals surface area contributed by atoms with E-state index in [2.05, 4.69) is 10.6 Å². The molecule has 1 unspecified atom stereocenters. The summed E-state index contributed by atoms with van der Waals surface area (Å²) in [6, 6.07) is 0. The summed E-state index contributed by atoms with van der Waals surface area (Å²) in [5.41, 5.74) is 0.286. The van der Waals surface area contributed by atoms with Crippen LogP contribution in [0.25, 0.3) is 0 Å². The van der Waals surface area contributed by atoms with Gasteiger partial charge in [0.15, 0.2) is 10.9 Å². The van der Waals surface area contributed by atoms with Crippen molar-refractivity contribution in [2.75, 3.05) is 19.7 Å². The van der Waals surface area contributed by atoms with E-state index >= 15 is 0 Å². The van der Waals surface area contributed by atoms with Crippen LogP contribution in [0.1, 0.15) is 13.3 Å². The topological polar surface area (TPSA) is 44.3 Å². The standard InChI is InChI=1S/C11H16F2N2OS/c1-7-2-3-8(10(13)9(7)12)6-15-11(17)14-4-5-16/h3,7,16H,2,4-6H2,1H3,(H2,14,15,17). The summed E-state index contributed by atoms with van der Waals surface area (Å²) in [6.07, 6.45) is 2.16. The fourth-order valence-electron chi connectivity index (χ4n) is 1.44. The Morgan fingerprint density at radius 1 is 1.53 bits per heavy atom. The minimum Gasteiger partial charge on any atom is -0.395 e. The van der Waals surface area contributed by atoms with Crippen LogP contribution in [0.3, 0.4) is 0 Å². The molecule has 1 aliphatic rings. The highest BCUT2D eigenvalue weighted by molar-refractivity contribution is 7.80. The van der Waals surface area contributed by atoms with E-state index in [4.69, 9.17) is 17.3 Å². The third-order valence-electron chi connectivity index (χ3n) is 2.48. The molecule has 17 heavy (non-hydrogen) atoms. The SMILES string of the molecule is CC1CC=C(CNC(=S)NCCO)C(F)=C1F. The number of rotatable bonds is 4. The van der Waals surface area contributed by atoms with Gasteiger partial charge in [-0.1, -0.05) is 13.0 Å². The molecule has 0 fully saturated rings. The lowest BCUT2D eigenvalue weighted by Crippen LogP contribution is -2.38. The van der Waals surface area contributed by atoms with Crippen molar-refractivity contribution in [2.45, 2.75) is 13.3 Å². The van der Waals surface area contributed by atoms with Crippen molar-refractivity contribution in [3.05, 3.63) is 23.3 Å². The van der Waals surface area contributed by atoms with Gasteiger partial charge in [-0.2, -0.15) is 0 Å². The van der Waals surface area contributed by atoms with Crippen molar-refractivity contribution in [3.63, 3.8) is 0 Å². The third-order valence-corrected chi connectivity index (χ3v) is 2.77. The molecule has 0 bridgehead atoms. The number of aliphatic hydroxyl groups excluding tert-OH is 1. The van der Waals surface area contributed by atoms with Gasteiger partial charge in [0.1, 0.15) is 5.83 Å². The van der Waals surface area contributed by atoms with E-state index in [0.717, 1.165) is 0 Å². The van der Waals surface area contributed by atoms with Crippen LogP contribution in [-0.2, 0) is 0 Å². The number of halogens is 2. The molecule has 3 nitrogen and oxygen atoms in total. The second-order valence-electron chi connectivity index (χ2n) is 3.86. The lowest BCUT2D eigenvalue weighted by molar-refractivity contribution is 0.300. The van der Waals surface area contributed by atoms with Crippen molar-refractivity contribution >= 4 is 17.3 Å². The average Bonchev–Trinajstić information content (AvgIpc) is 2.32. The lowest BCUT2D eigenvalue weighted by atomic mass is 9.96. The first kappa shape index (κ1) is 14.1. The van der Waals surface area contributed by atoms with Crippen LogP contribution < -0.4 is 10.6 Å². The minimum absolute atomic E-state index is 0.0368. The molecule has 0 spiro atoms. The molecule has 6 heteroatoms. The van der Waals surface area contributed by atoms with Crippen molar-refractivity contribution in [1.82, 2.24) is 10.6 Å². The minimum atomic E-state index is -0.791. The molecule has 0 amide bonds. The van der Waals surface area contributed by atoms with Gasteiger partial charge in [0, 0.05) is 24.6 Å². The molecule has 0 aromatic heterocycles. The number of aliphatic hydroxyl groups is 1. The highest BCUT2D eigenvalue weighted by Crippen LogP contribution is 2.31. The molecule has 0 aromatic rings. The fraction of sp³-hybridized carbons (Fsp3) is 0.545. The van der Waals surface area contributed by atoms with Gasteiger partial charge >= 0.3 is 0 Å². The van der Waals surface area contributed by atoms with Crippen molar-refractivity contribution in [2.24, 2.45) is 5.92 Å². The molecule has 1 atom stereocenters. The van der Waals surface area contributed by atoms with Gasteiger partial charge in [-0.3, -0.25) is 0 Å². The zero-order valence-electron chi connectivity index (χ0n) is 9.59. The molecular formula is C11H16F2N2OS. The van der Waals surface area contributed by atoms with Gasteiger partial charge in [0.25, 0.3) is 0 Å². The number of allylic oxidation sites excluding steroid dienone is 2. The van der Waals surface area contributed by atoms with E-state index in [1.165, 1.54) is 0 Å². The number of nitrogens with one attached hydrogen (secondary N) is 2. The first-order valence-electron chi connectivity index (χ1n) is 5.43. The maximum absolute atomic E-state index is 13.5. The second kappa shape index (κ2) is 6.66. The van der Waals surface area contributed by atoms with E-state index in [1.54, 1.807) is 13.0 Å². The van der Waals surface area contributed by atoms with Crippen LogP contribution in [0.5, 0.6) is 0 Å². The summed E-state index contributed by atoms with van der Waals surface area (Å²) < 4.78 is 26.8. The fourth-order valence-corrected chi connectivity index (χ4v) is 1.61. The first-order valence-corrected chi connectivity index (χ1v) is 5.84. The molecule has 3 N–H and O–H groups in total. The monoisotopic (exact) mass is 262 g/mol. The lowest BCUT2D eigenvalue weighted by Gasteiger charge is -2.18. The molecule has 1 aliphatic carbocycles. The van der Waals surface area contributed by atoms with Gasteiger partial charge in [-0.15, -0.1) is 0 Å². The van der Waals surface area contributed by atoms with Crippen molar-refractivity contribution < 1.29 is 13.9 Å². The Bertz CT molecular complexity index is 355. The summed E-state index contributed by atoms with van der Waals surface area (Å²) in [6.45, 7) is 2.08. The Morgan fingerprint density at radius 3 is 2.88 bits per heavy atom. The van der Waals surface area contributed by atoms with Crippen LogP contribution >= 0.6 is 12.2 Å². The van der Waals surface area contributed by atoms with Crippen LogP contribution in [0, 0.1) is 5.92 Å². The summed E-state index contributed by atoms with van der Waals surface area (Å²) in [4.78, 5) is 0. The molecule has 96 valence electrons. The summed E-state index contributed by atoms with van der Waals surface area (Å²) >= 11 is 4.89. The molecular weight excluding hydrogens is 246 g/mol. The van der Waals surface area contributed by atoms with Crippen LogP contribution in [-0.4, -0.2) is 29.9 Å². The third kappa shape index (κ3) is 4.05. The van der Waals surface area contributed by atoms with Gasteiger partial charge in [0.2, 0.25) is 0 Å². The molecule has 0 saturated carbocycles. The summed E-state index contributed by atoms with van der Waals surface area (Å²) in [7, 11) is 0. The maximum atomic E-state index is 13.5. The van der Waals surface area contributed by atoms with E-state index in [1.807, 2.05) is 0 Å².